The van der Waals surface area contributed by atoms with Crippen LogP contribution in [0, 0.1) is 0 Å². The highest BCUT2D eigenvalue weighted by Gasteiger charge is 2.18. The van der Waals surface area contributed by atoms with Gasteiger partial charge in [-0.05, 0) is 19.8 Å². The molecule has 0 spiro atoms. The van der Waals surface area contributed by atoms with Crippen molar-refractivity contribution in [1.29, 1.82) is 0 Å². The first-order valence-electron chi connectivity index (χ1n) is 3.59. The molecule has 1 atom stereocenters. The lowest BCUT2D eigenvalue weighted by atomic mass is 10.2. The summed E-state index contributed by atoms with van der Waals surface area (Å²) in [5, 5.41) is -0.640. The van der Waals surface area contributed by atoms with Crippen molar-refractivity contribution in [1.82, 2.24) is 0 Å². The van der Waals surface area contributed by atoms with Crippen LogP contribution in [0.1, 0.15) is 26.7 Å². The fourth-order valence-corrected chi connectivity index (χ4v) is 1.56. The Bertz CT molecular complexity index is 216. The van der Waals surface area contributed by atoms with Crippen molar-refractivity contribution >= 4 is 10.1 Å². The van der Waals surface area contributed by atoms with Gasteiger partial charge < -0.3 is 0 Å². The van der Waals surface area contributed by atoms with Crippen LogP contribution < -0.4 is 0 Å². The topological polar surface area (TPSA) is 54.4 Å². The minimum Gasteiger partial charge on any atom is -0.285 e. The first-order valence-corrected chi connectivity index (χ1v) is 5.10. The summed E-state index contributed by atoms with van der Waals surface area (Å²) < 4.78 is 29.8. The molecule has 0 aromatic heterocycles. The second-order valence-corrected chi connectivity index (χ2v) is 4.05. The van der Waals surface area contributed by atoms with Crippen LogP contribution in [-0.4, -0.2) is 18.2 Å². The van der Waals surface area contributed by atoms with E-state index in [9.17, 15) is 8.42 Å². The van der Waals surface area contributed by atoms with Gasteiger partial charge in [0.25, 0.3) is 10.1 Å². The van der Waals surface area contributed by atoms with Gasteiger partial charge in [-0.1, -0.05) is 19.1 Å². The summed E-state index contributed by atoms with van der Waals surface area (Å²) in [7, 11) is -3.84. The molecule has 11 heavy (non-hydrogen) atoms. The van der Waals surface area contributed by atoms with Crippen LogP contribution in [0.4, 0.5) is 0 Å². The van der Waals surface area contributed by atoms with Gasteiger partial charge in [0.05, 0.1) is 5.25 Å². The Balaban J connectivity index is 4.19. The Kier molecular flexibility index (Phi) is 4.37. The first kappa shape index (κ1) is 10.7. The minimum absolute atomic E-state index is 0.395. The lowest BCUT2D eigenvalue weighted by Crippen LogP contribution is -2.18. The van der Waals surface area contributed by atoms with Crippen LogP contribution in [-0.2, 0) is 10.1 Å². The Morgan fingerprint density at radius 1 is 1.55 bits per heavy atom. The normalized spacial score (nSPS) is 15.5. The minimum atomic E-state index is -3.84. The fraction of sp³-hybridized carbons (Fsp3) is 0.714. The molecule has 0 aliphatic carbocycles. The van der Waals surface area contributed by atoms with Gasteiger partial charge in [0.15, 0.2) is 0 Å². The van der Waals surface area contributed by atoms with Crippen LogP contribution in [0.2, 0.25) is 0 Å². The molecule has 4 heteroatoms. The zero-order chi connectivity index (χ0) is 8.91. The third kappa shape index (κ3) is 4.16. The molecule has 0 bridgehead atoms. The number of allylic oxidation sites excluding steroid dienone is 2. The van der Waals surface area contributed by atoms with E-state index in [0.717, 1.165) is 0 Å². The van der Waals surface area contributed by atoms with Crippen molar-refractivity contribution in [2.75, 3.05) is 0 Å². The third-order valence-electron chi connectivity index (χ3n) is 1.51. The van der Waals surface area contributed by atoms with Crippen LogP contribution >= 0.6 is 0 Å². The molecule has 0 amide bonds. The van der Waals surface area contributed by atoms with Gasteiger partial charge in [0, 0.05) is 0 Å². The SMILES string of the molecule is CC=CCC(CC)S(=O)(=O)O. The van der Waals surface area contributed by atoms with Gasteiger partial charge in [-0.15, -0.1) is 0 Å². The molecular formula is C7H14O3S. The standard InChI is InChI=1S/C7H14O3S/c1-3-5-6-7(4-2)11(8,9)10/h3,5,7H,4,6H2,1-2H3,(H,8,9,10). The van der Waals surface area contributed by atoms with Crippen molar-refractivity contribution in [3.05, 3.63) is 12.2 Å². The maximum atomic E-state index is 10.6. The van der Waals surface area contributed by atoms with Gasteiger partial charge in [0.2, 0.25) is 0 Å². The largest absolute Gasteiger partial charge is 0.285 e. The molecule has 0 aromatic carbocycles. The van der Waals surface area contributed by atoms with E-state index >= 15 is 0 Å². The van der Waals surface area contributed by atoms with Crippen LogP contribution in [0.15, 0.2) is 12.2 Å². The van der Waals surface area contributed by atoms with E-state index in [-0.39, 0.29) is 0 Å². The third-order valence-corrected chi connectivity index (χ3v) is 2.88. The van der Waals surface area contributed by atoms with Crippen molar-refractivity contribution in [3.63, 3.8) is 0 Å². The molecule has 0 saturated heterocycles. The zero-order valence-corrected chi connectivity index (χ0v) is 7.63. The predicted octanol–water partition coefficient (Wildman–Crippen LogP) is 1.62. The highest BCUT2D eigenvalue weighted by atomic mass is 32.2. The number of hydrogen-bond acceptors (Lipinski definition) is 2. The van der Waals surface area contributed by atoms with Crippen LogP contribution in [0.5, 0.6) is 0 Å². The first-order chi connectivity index (χ1) is 5.02. The number of rotatable bonds is 4. The van der Waals surface area contributed by atoms with Gasteiger partial charge in [-0.25, -0.2) is 0 Å². The molecular weight excluding hydrogens is 164 g/mol. The molecule has 0 aromatic rings. The Labute approximate surface area is 67.9 Å². The molecule has 0 fully saturated rings. The van der Waals surface area contributed by atoms with E-state index in [2.05, 4.69) is 0 Å². The summed E-state index contributed by atoms with van der Waals surface area (Å²) >= 11 is 0. The molecule has 0 heterocycles. The van der Waals surface area contributed by atoms with Gasteiger partial charge in [0.1, 0.15) is 0 Å². The van der Waals surface area contributed by atoms with Crippen molar-refractivity contribution in [2.24, 2.45) is 0 Å². The smallest absolute Gasteiger partial charge is 0.268 e. The highest BCUT2D eigenvalue weighted by Crippen LogP contribution is 2.08. The Morgan fingerprint density at radius 2 is 2.09 bits per heavy atom. The molecule has 0 rings (SSSR count). The van der Waals surface area contributed by atoms with E-state index in [4.69, 9.17) is 4.55 Å². The molecule has 1 unspecified atom stereocenters. The molecule has 0 aliphatic heterocycles. The second-order valence-electron chi connectivity index (χ2n) is 2.35. The number of hydrogen-bond donors (Lipinski definition) is 1. The summed E-state index contributed by atoms with van der Waals surface area (Å²) in [6.07, 6.45) is 4.35. The monoisotopic (exact) mass is 178 g/mol. The maximum Gasteiger partial charge on any atom is 0.268 e. The lowest BCUT2D eigenvalue weighted by molar-refractivity contribution is 0.464. The van der Waals surface area contributed by atoms with E-state index in [1.807, 2.05) is 6.92 Å². The molecule has 1 N–H and O–H groups in total. The molecule has 0 aliphatic rings. The van der Waals surface area contributed by atoms with Crippen molar-refractivity contribution in [3.8, 4) is 0 Å². The van der Waals surface area contributed by atoms with E-state index in [1.165, 1.54) is 0 Å². The average molecular weight is 178 g/mol. The summed E-state index contributed by atoms with van der Waals surface area (Å²) in [5.74, 6) is 0. The quantitative estimate of drug-likeness (QED) is 0.525. The molecule has 3 nitrogen and oxygen atoms in total. The van der Waals surface area contributed by atoms with Crippen LogP contribution in [0.25, 0.3) is 0 Å². The van der Waals surface area contributed by atoms with E-state index in [0.29, 0.717) is 12.8 Å². The Hall–Kier alpha value is -0.350. The molecule has 0 radical (unpaired) electrons. The van der Waals surface area contributed by atoms with Gasteiger partial charge in [-0.3, -0.25) is 4.55 Å². The van der Waals surface area contributed by atoms with E-state index in [1.54, 1.807) is 19.1 Å². The molecule has 0 saturated carbocycles. The Morgan fingerprint density at radius 3 is 2.36 bits per heavy atom. The summed E-state index contributed by atoms with van der Waals surface area (Å²) in [4.78, 5) is 0. The second kappa shape index (κ2) is 4.51. The highest BCUT2D eigenvalue weighted by molar-refractivity contribution is 7.86. The van der Waals surface area contributed by atoms with Crippen LogP contribution in [0.3, 0.4) is 0 Å². The fourth-order valence-electron chi connectivity index (χ4n) is 0.787. The van der Waals surface area contributed by atoms with Gasteiger partial charge >= 0.3 is 0 Å². The summed E-state index contributed by atoms with van der Waals surface area (Å²) in [5.41, 5.74) is 0. The maximum absolute atomic E-state index is 10.6. The predicted molar refractivity (Wildman–Crippen MR) is 45.1 cm³/mol. The van der Waals surface area contributed by atoms with E-state index < -0.39 is 15.4 Å². The molecule has 66 valence electrons. The lowest BCUT2D eigenvalue weighted by Gasteiger charge is -2.07. The average Bonchev–Trinajstić information content (AvgIpc) is 1.87. The summed E-state index contributed by atoms with van der Waals surface area (Å²) in [6, 6.07) is 0. The zero-order valence-electron chi connectivity index (χ0n) is 6.82. The van der Waals surface area contributed by atoms with Crippen molar-refractivity contribution in [2.45, 2.75) is 31.9 Å². The summed E-state index contributed by atoms with van der Waals surface area (Å²) in [6.45, 7) is 3.55. The van der Waals surface area contributed by atoms with Gasteiger partial charge in [-0.2, -0.15) is 8.42 Å². The van der Waals surface area contributed by atoms with Crippen molar-refractivity contribution < 1.29 is 13.0 Å².